The van der Waals surface area contributed by atoms with Crippen LogP contribution in [0.3, 0.4) is 0 Å². The van der Waals surface area contributed by atoms with Crippen molar-refractivity contribution in [2.24, 2.45) is 0 Å². The van der Waals surface area contributed by atoms with Gasteiger partial charge in [0, 0.05) is 32.5 Å². The van der Waals surface area contributed by atoms with Gasteiger partial charge in [-0.25, -0.2) is 0 Å². The normalized spacial score (nSPS) is 35.9. The van der Waals surface area contributed by atoms with Gasteiger partial charge in [-0.3, -0.25) is 0 Å². The number of ether oxygens (including phenoxy) is 5. The Morgan fingerprint density at radius 3 is 2.18 bits per heavy atom. The van der Waals surface area contributed by atoms with Gasteiger partial charge in [-0.2, -0.15) is 0 Å². The lowest BCUT2D eigenvalue weighted by Gasteiger charge is -2.41. The van der Waals surface area contributed by atoms with Gasteiger partial charge in [0.15, 0.2) is 6.10 Å². The molecule has 0 aromatic carbocycles. The minimum Gasteiger partial charge on any atom is -0.486 e. The highest BCUT2D eigenvalue weighted by molar-refractivity contribution is 14.1. The van der Waals surface area contributed by atoms with Crippen LogP contribution in [0.5, 0.6) is 0 Å². The Bertz CT molecular complexity index is 258. The first-order valence-electron chi connectivity index (χ1n) is 5.27. The van der Waals surface area contributed by atoms with Gasteiger partial charge < -0.3 is 23.7 Å². The largest absolute Gasteiger partial charge is 0.486 e. The lowest BCUT2D eigenvalue weighted by molar-refractivity contribution is -0.192. The summed E-state index contributed by atoms with van der Waals surface area (Å²) < 4.78 is 29.1. The second kappa shape index (κ2) is 7.52. The quantitative estimate of drug-likeness (QED) is 0.695. The van der Waals surface area contributed by atoms with Crippen molar-refractivity contribution in [1.82, 2.24) is 0 Å². The van der Waals surface area contributed by atoms with Crippen LogP contribution in [0, 0.1) is 0 Å². The van der Waals surface area contributed by atoms with E-state index >= 15 is 0 Å². The molecule has 6 heteroatoms. The number of rotatable bonds is 5. The third-order valence-corrected chi connectivity index (χ3v) is 3.41. The number of hydrogen-bond donors (Lipinski definition) is 0. The molecule has 0 N–H and O–H groups in total. The average Bonchev–Trinajstić information content (AvgIpc) is 2.37. The van der Waals surface area contributed by atoms with E-state index in [1.165, 1.54) is 0 Å². The Balaban J connectivity index is 2.92. The van der Waals surface area contributed by atoms with Crippen molar-refractivity contribution in [1.29, 1.82) is 0 Å². The summed E-state index contributed by atoms with van der Waals surface area (Å²) in [4.78, 5) is 0. The van der Waals surface area contributed by atoms with E-state index in [2.05, 4.69) is 22.6 Å². The third-order valence-electron chi connectivity index (χ3n) is 2.79. The van der Waals surface area contributed by atoms with Crippen LogP contribution in [0.2, 0.25) is 0 Å². The molecule has 0 spiro atoms. The maximum absolute atomic E-state index is 5.81. The first-order chi connectivity index (χ1) is 8.23. The molecule has 0 amide bonds. The predicted octanol–water partition coefficient (Wildman–Crippen LogP) is 1.35. The van der Waals surface area contributed by atoms with E-state index in [0.717, 1.165) is 5.76 Å². The molecule has 5 nitrogen and oxygen atoms in total. The van der Waals surface area contributed by atoms with Gasteiger partial charge in [0.1, 0.15) is 24.1 Å². The summed E-state index contributed by atoms with van der Waals surface area (Å²) in [5, 5.41) is 0. The summed E-state index contributed by atoms with van der Waals surface area (Å²) in [5.74, 6) is 0.746. The van der Waals surface area contributed by atoms with Gasteiger partial charge in [-0.15, -0.1) is 0 Å². The molecule has 0 aromatic heterocycles. The lowest BCUT2D eigenvalue weighted by atomic mass is 9.98. The van der Waals surface area contributed by atoms with Gasteiger partial charge in [-0.1, -0.05) is 0 Å². The predicted molar refractivity (Wildman–Crippen MR) is 71.2 cm³/mol. The summed E-state index contributed by atoms with van der Waals surface area (Å²) in [7, 11) is 6.54. The zero-order valence-corrected chi connectivity index (χ0v) is 12.7. The van der Waals surface area contributed by atoms with Crippen molar-refractivity contribution in [2.45, 2.75) is 24.4 Å². The topological polar surface area (TPSA) is 46.2 Å². The van der Waals surface area contributed by atoms with Crippen LogP contribution >= 0.6 is 22.6 Å². The van der Waals surface area contributed by atoms with E-state index in [4.69, 9.17) is 23.7 Å². The van der Waals surface area contributed by atoms with Crippen molar-refractivity contribution in [2.75, 3.05) is 35.0 Å². The highest BCUT2D eigenvalue weighted by atomic mass is 127. The zero-order valence-electron chi connectivity index (χ0n) is 10.5. The SMILES string of the molecule is COC[C@H]1O/C(=C\I)[C@H](OC)[C@@H](OC)[C@@H]1OC. The molecular formula is C11H19IO5. The van der Waals surface area contributed by atoms with E-state index in [9.17, 15) is 0 Å². The molecule has 1 heterocycles. The van der Waals surface area contributed by atoms with Gasteiger partial charge in [0.2, 0.25) is 0 Å². The smallest absolute Gasteiger partial charge is 0.150 e. The van der Waals surface area contributed by atoms with Crippen molar-refractivity contribution in [3.63, 3.8) is 0 Å². The van der Waals surface area contributed by atoms with Gasteiger partial charge in [0.25, 0.3) is 0 Å². The highest BCUT2D eigenvalue weighted by Crippen LogP contribution is 2.30. The van der Waals surface area contributed by atoms with Crippen LogP contribution in [-0.2, 0) is 23.7 Å². The number of hydrogen-bond acceptors (Lipinski definition) is 5. The second-order valence-corrected chi connectivity index (χ2v) is 4.30. The van der Waals surface area contributed by atoms with E-state index in [0.29, 0.717) is 6.61 Å². The van der Waals surface area contributed by atoms with Gasteiger partial charge in [0.05, 0.1) is 6.61 Å². The molecule has 1 aliphatic heterocycles. The Kier molecular flexibility index (Phi) is 6.71. The van der Waals surface area contributed by atoms with Crippen LogP contribution in [0.15, 0.2) is 9.84 Å². The average molecular weight is 358 g/mol. The molecule has 0 bridgehead atoms. The summed E-state index contributed by atoms with van der Waals surface area (Å²) in [5.41, 5.74) is 0. The monoisotopic (exact) mass is 358 g/mol. The summed E-state index contributed by atoms with van der Waals surface area (Å²) in [6.07, 6.45) is -0.873. The van der Waals surface area contributed by atoms with Crippen LogP contribution in [-0.4, -0.2) is 59.5 Å². The summed E-state index contributed by atoms with van der Waals surface area (Å²) in [6.45, 7) is 0.447. The molecule has 0 radical (unpaired) electrons. The second-order valence-electron chi connectivity index (χ2n) is 3.68. The third kappa shape index (κ3) is 3.31. The van der Waals surface area contributed by atoms with Crippen LogP contribution in [0.1, 0.15) is 0 Å². The summed E-state index contributed by atoms with van der Waals surface area (Å²) >= 11 is 2.12. The molecule has 1 rings (SSSR count). The van der Waals surface area contributed by atoms with Crippen molar-refractivity contribution < 1.29 is 23.7 Å². The van der Waals surface area contributed by atoms with Crippen molar-refractivity contribution in [3.8, 4) is 0 Å². The van der Waals surface area contributed by atoms with Crippen LogP contribution < -0.4 is 0 Å². The number of halogens is 1. The molecular weight excluding hydrogens is 339 g/mol. The molecule has 0 aromatic rings. The maximum Gasteiger partial charge on any atom is 0.150 e. The molecule has 17 heavy (non-hydrogen) atoms. The Labute approximate surface area is 116 Å². The molecule has 0 unspecified atom stereocenters. The van der Waals surface area contributed by atoms with Gasteiger partial charge in [-0.05, 0) is 22.6 Å². The van der Waals surface area contributed by atoms with Crippen molar-refractivity contribution in [3.05, 3.63) is 9.84 Å². The zero-order chi connectivity index (χ0) is 12.8. The molecule has 0 aliphatic carbocycles. The van der Waals surface area contributed by atoms with Crippen LogP contribution in [0.25, 0.3) is 0 Å². The molecule has 1 aliphatic rings. The Morgan fingerprint density at radius 2 is 1.76 bits per heavy atom. The minimum atomic E-state index is -0.255. The fourth-order valence-corrected chi connectivity index (χ4v) is 2.53. The first-order valence-corrected chi connectivity index (χ1v) is 6.52. The lowest BCUT2D eigenvalue weighted by Crippen LogP contribution is -2.55. The number of methoxy groups -OCH3 is 4. The van der Waals surface area contributed by atoms with Crippen LogP contribution in [0.4, 0.5) is 0 Å². The van der Waals surface area contributed by atoms with E-state index in [-0.39, 0.29) is 24.4 Å². The Hall–Kier alpha value is 0.110. The molecule has 1 fully saturated rings. The Morgan fingerprint density at radius 1 is 1.12 bits per heavy atom. The van der Waals surface area contributed by atoms with Crippen molar-refractivity contribution >= 4 is 22.6 Å². The fraction of sp³-hybridized carbons (Fsp3) is 0.818. The molecule has 4 atom stereocenters. The summed E-state index contributed by atoms with van der Waals surface area (Å²) in [6, 6.07) is 0. The standard InChI is InChI=1S/C11H19IO5/c1-13-6-8-10(15-3)11(16-4)9(14-2)7(5-12)17-8/h5,8-11H,6H2,1-4H3/b7-5-/t8-,9+,10-,11-/m1/s1. The minimum absolute atomic E-state index is 0.192. The first kappa shape index (κ1) is 15.2. The van der Waals surface area contributed by atoms with E-state index < -0.39 is 0 Å². The molecule has 100 valence electrons. The molecule has 1 saturated heterocycles. The van der Waals surface area contributed by atoms with Gasteiger partial charge >= 0.3 is 0 Å². The highest BCUT2D eigenvalue weighted by Gasteiger charge is 2.44. The maximum atomic E-state index is 5.81. The van der Waals surface area contributed by atoms with E-state index in [1.54, 1.807) is 28.4 Å². The molecule has 0 saturated carbocycles. The fourth-order valence-electron chi connectivity index (χ4n) is 2.03. The van der Waals surface area contributed by atoms with E-state index in [1.807, 2.05) is 4.08 Å².